The van der Waals surface area contributed by atoms with E-state index in [0.717, 1.165) is 31.6 Å². The minimum atomic E-state index is -0.113. The van der Waals surface area contributed by atoms with Gasteiger partial charge in [-0.25, -0.2) is 4.98 Å². The van der Waals surface area contributed by atoms with Crippen LogP contribution in [0.3, 0.4) is 0 Å². The van der Waals surface area contributed by atoms with Gasteiger partial charge in [-0.1, -0.05) is 19.8 Å². The Bertz CT molecular complexity index is 610. The van der Waals surface area contributed by atoms with Crippen molar-refractivity contribution in [3.63, 3.8) is 0 Å². The van der Waals surface area contributed by atoms with E-state index < -0.39 is 0 Å². The fraction of sp³-hybridized carbons (Fsp3) is 0.643. The third-order valence-electron chi connectivity index (χ3n) is 3.57. The average molecular weight is 277 g/mol. The topological polar surface area (TPSA) is 89.1 Å². The fourth-order valence-corrected chi connectivity index (χ4v) is 2.57. The third kappa shape index (κ3) is 3.45. The number of hydrogen-bond acceptors (Lipinski definition) is 4. The van der Waals surface area contributed by atoms with Gasteiger partial charge in [-0.15, -0.1) is 0 Å². The van der Waals surface area contributed by atoms with Crippen molar-refractivity contribution in [2.45, 2.75) is 46.0 Å². The molecule has 20 heavy (non-hydrogen) atoms. The van der Waals surface area contributed by atoms with Gasteiger partial charge in [-0.05, 0) is 32.2 Å². The Morgan fingerprint density at radius 3 is 2.85 bits per heavy atom. The molecule has 0 fully saturated rings. The van der Waals surface area contributed by atoms with E-state index in [-0.39, 0.29) is 5.56 Å². The predicted octanol–water partition coefficient (Wildman–Crippen LogP) is 1.42. The fourth-order valence-electron chi connectivity index (χ4n) is 2.57. The molecule has 6 nitrogen and oxygen atoms in total. The second-order valence-corrected chi connectivity index (χ2v) is 5.31. The molecule has 0 saturated heterocycles. The van der Waals surface area contributed by atoms with E-state index in [4.69, 9.17) is 5.73 Å². The number of aryl methyl sites for hydroxylation is 2. The lowest BCUT2D eigenvalue weighted by Gasteiger charge is -2.13. The van der Waals surface area contributed by atoms with Gasteiger partial charge >= 0.3 is 0 Å². The van der Waals surface area contributed by atoms with Crippen LogP contribution in [0.25, 0.3) is 5.78 Å². The van der Waals surface area contributed by atoms with E-state index >= 15 is 0 Å². The van der Waals surface area contributed by atoms with Crippen LogP contribution in [0.1, 0.15) is 44.1 Å². The number of nitrogens with zero attached hydrogens (tertiary/aromatic N) is 3. The minimum absolute atomic E-state index is 0.113. The molecule has 2 aromatic heterocycles. The van der Waals surface area contributed by atoms with Crippen LogP contribution in [0, 0.1) is 12.8 Å². The zero-order chi connectivity index (χ0) is 14.5. The van der Waals surface area contributed by atoms with E-state index in [1.165, 1.54) is 23.4 Å². The van der Waals surface area contributed by atoms with Crippen molar-refractivity contribution in [2.24, 2.45) is 11.7 Å². The number of nitrogens with two attached hydrogens (primary N) is 1. The van der Waals surface area contributed by atoms with E-state index in [0.29, 0.717) is 17.4 Å². The van der Waals surface area contributed by atoms with Gasteiger partial charge in [0.15, 0.2) is 0 Å². The number of aromatic nitrogens is 4. The summed E-state index contributed by atoms with van der Waals surface area (Å²) in [6.45, 7) is 4.72. The SMILES string of the molecule is CCCC(CCN)CCc1nc2nc(C)cc(=O)n2[nH]1. The predicted molar refractivity (Wildman–Crippen MR) is 78.7 cm³/mol. The van der Waals surface area contributed by atoms with E-state index in [9.17, 15) is 4.79 Å². The lowest BCUT2D eigenvalue weighted by molar-refractivity contribution is 0.417. The first kappa shape index (κ1) is 14.7. The molecule has 110 valence electrons. The smallest absolute Gasteiger partial charge is 0.274 e. The lowest BCUT2D eigenvalue weighted by Crippen LogP contribution is -2.14. The average Bonchev–Trinajstić information content (AvgIpc) is 2.79. The summed E-state index contributed by atoms with van der Waals surface area (Å²) < 4.78 is 1.40. The molecule has 0 saturated carbocycles. The molecule has 0 radical (unpaired) electrons. The van der Waals surface area contributed by atoms with Crippen molar-refractivity contribution < 1.29 is 0 Å². The van der Waals surface area contributed by atoms with Gasteiger partial charge in [0.25, 0.3) is 11.3 Å². The molecule has 0 amide bonds. The molecule has 6 heteroatoms. The Labute approximate surface area is 118 Å². The van der Waals surface area contributed by atoms with Crippen LogP contribution in [0.15, 0.2) is 10.9 Å². The van der Waals surface area contributed by atoms with Gasteiger partial charge < -0.3 is 5.73 Å². The van der Waals surface area contributed by atoms with Gasteiger partial charge in [-0.3, -0.25) is 9.89 Å². The van der Waals surface area contributed by atoms with Crippen LogP contribution in [-0.4, -0.2) is 26.1 Å². The largest absolute Gasteiger partial charge is 0.330 e. The monoisotopic (exact) mass is 277 g/mol. The van der Waals surface area contributed by atoms with Crippen molar-refractivity contribution in [1.29, 1.82) is 0 Å². The summed E-state index contributed by atoms with van der Waals surface area (Å²) in [5.74, 6) is 1.90. The number of hydrogen-bond donors (Lipinski definition) is 2. The summed E-state index contributed by atoms with van der Waals surface area (Å²) in [6.07, 6.45) is 5.27. The molecular weight excluding hydrogens is 254 g/mol. The molecule has 0 aliphatic rings. The van der Waals surface area contributed by atoms with E-state index in [2.05, 4.69) is 22.0 Å². The molecule has 0 aliphatic heterocycles. The maximum Gasteiger partial charge on any atom is 0.274 e. The number of nitrogens with one attached hydrogen (secondary N) is 1. The number of H-pyrrole nitrogens is 1. The molecule has 2 rings (SSSR count). The van der Waals surface area contributed by atoms with Gasteiger partial charge in [0, 0.05) is 18.2 Å². The highest BCUT2D eigenvalue weighted by Gasteiger charge is 2.10. The second kappa shape index (κ2) is 6.65. The Morgan fingerprint density at radius 2 is 2.15 bits per heavy atom. The minimum Gasteiger partial charge on any atom is -0.330 e. The van der Waals surface area contributed by atoms with E-state index in [1.807, 2.05) is 0 Å². The zero-order valence-electron chi connectivity index (χ0n) is 12.2. The Hall–Kier alpha value is -1.69. The van der Waals surface area contributed by atoms with Crippen LogP contribution in [0.5, 0.6) is 0 Å². The third-order valence-corrected chi connectivity index (χ3v) is 3.57. The van der Waals surface area contributed by atoms with Crippen LogP contribution in [0.4, 0.5) is 0 Å². The molecule has 2 heterocycles. The molecule has 2 aromatic rings. The maximum atomic E-state index is 11.8. The van der Waals surface area contributed by atoms with Gasteiger partial charge in [0.1, 0.15) is 5.82 Å². The van der Waals surface area contributed by atoms with Gasteiger partial charge in [0.05, 0.1) is 0 Å². The van der Waals surface area contributed by atoms with Crippen molar-refractivity contribution in [2.75, 3.05) is 6.54 Å². The quantitative estimate of drug-likeness (QED) is 0.801. The zero-order valence-corrected chi connectivity index (χ0v) is 12.2. The first-order valence-electron chi connectivity index (χ1n) is 7.29. The molecule has 1 unspecified atom stereocenters. The highest BCUT2D eigenvalue weighted by molar-refractivity contribution is 5.27. The van der Waals surface area contributed by atoms with Crippen LogP contribution in [0.2, 0.25) is 0 Å². The van der Waals surface area contributed by atoms with Gasteiger partial charge in [-0.2, -0.15) is 9.50 Å². The normalized spacial score (nSPS) is 12.9. The number of aromatic amines is 1. The summed E-state index contributed by atoms with van der Waals surface area (Å²) in [7, 11) is 0. The number of rotatable bonds is 7. The Kier molecular flexibility index (Phi) is 4.89. The number of fused-ring (bicyclic) bond motifs is 1. The maximum absolute atomic E-state index is 11.8. The highest BCUT2D eigenvalue weighted by atomic mass is 16.1. The molecule has 0 aromatic carbocycles. The molecular formula is C14H23N5O. The Balaban J connectivity index is 2.10. The van der Waals surface area contributed by atoms with Crippen LogP contribution >= 0.6 is 0 Å². The standard InChI is InChI=1S/C14H23N5O/c1-3-4-11(7-8-15)5-6-12-17-14-16-10(2)9-13(20)19(14)18-12/h9,11H,3-8,15H2,1-2H3,(H,16,17,18). The lowest BCUT2D eigenvalue weighted by atomic mass is 9.94. The molecule has 1 atom stereocenters. The Morgan fingerprint density at radius 1 is 1.35 bits per heavy atom. The second-order valence-electron chi connectivity index (χ2n) is 5.31. The molecule has 0 aliphatic carbocycles. The summed E-state index contributed by atoms with van der Waals surface area (Å²) in [5, 5.41) is 3.03. The highest BCUT2D eigenvalue weighted by Crippen LogP contribution is 2.17. The molecule has 3 N–H and O–H groups in total. The molecule has 0 spiro atoms. The molecule has 0 bridgehead atoms. The summed E-state index contributed by atoms with van der Waals surface area (Å²) in [5.41, 5.74) is 6.23. The van der Waals surface area contributed by atoms with Crippen molar-refractivity contribution in [3.8, 4) is 0 Å². The van der Waals surface area contributed by atoms with E-state index in [1.54, 1.807) is 6.92 Å². The van der Waals surface area contributed by atoms with Crippen molar-refractivity contribution in [3.05, 3.63) is 27.9 Å². The van der Waals surface area contributed by atoms with Gasteiger partial charge in [0.2, 0.25) is 0 Å². The first-order valence-corrected chi connectivity index (χ1v) is 7.29. The van der Waals surface area contributed by atoms with Crippen LogP contribution < -0.4 is 11.3 Å². The summed E-state index contributed by atoms with van der Waals surface area (Å²) in [6, 6.07) is 1.50. The van der Waals surface area contributed by atoms with Crippen molar-refractivity contribution in [1.82, 2.24) is 19.6 Å². The van der Waals surface area contributed by atoms with Crippen molar-refractivity contribution >= 4 is 5.78 Å². The summed E-state index contributed by atoms with van der Waals surface area (Å²) >= 11 is 0. The first-order chi connectivity index (χ1) is 9.63. The van der Waals surface area contributed by atoms with Crippen LogP contribution in [-0.2, 0) is 6.42 Å². The summed E-state index contributed by atoms with van der Waals surface area (Å²) in [4.78, 5) is 20.4.